The van der Waals surface area contributed by atoms with Crippen LogP contribution in [-0.2, 0) is 4.74 Å². The molecule has 2 aromatic carbocycles. The van der Waals surface area contributed by atoms with Crippen molar-refractivity contribution in [1.82, 2.24) is 4.98 Å². The number of aromatic nitrogens is 1. The van der Waals surface area contributed by atoms with Crippen molar-refractivity contribution in [3.63, 3.8) is 0 Å². The lowest BCUT2D eigenvalue weighted by atomic mass is 10.1. The van der Waals surface area contributed by atoms with Crippen LogP contribution >= 0.6 is 11.6 Å². The molecule has 0 spiro atoms. The smallest absolute Gasteiger partial charge is 0.491 e. The molecule has 0 aliphatic carbocycles. The number of anilines is 2. The van der Waals surface area contributed by atoms with E-state index in [-0.39, 0.29) is 6.61 Å². The molecule has 1 aromatic heterocycles. The SMILES string of the molecule is Cc1ccc2c(Nc3ccc(OCCOC(F)(F)F)cc3Cl)ccnc2c1. The molecule has 27 heavy (non-hydrogen) atoms. The highest BCUT2D eigenvalue weighted by Gasteiger charge is 2.28. The predicted octanol–water partition coefficient (Wildman–Crippen LogP) is 5.86. The fourth-order valence-corrected chi connectivity index (χ4v) is 2.73. The first-order valence-electron chi connectivity index (χ1n) is 8.07. The van der Waals surface area contributed by atoms with Gasteiger partial charge in [0.1, 0.15) is 12.4 Å². The Morgan fingerprint density at radius 1 is 1.04 bits per heavy atom. The Labute approximate surface area is 158 Å². The number of hydrogen-bond donors (Lipinski definition) is 1. The van der Waals surface area contributed by atoms with E-state index in [1.54, 1.807) is 18.3 Å². The zero-order chi connectivity index (χ0) is 19.4. The molecule has 8 heteroatoms. The molecule has 0 radical (unpaired) electrons. The first-order valence-corrected chi connectivity index (χ1v) is 8.45. The molecule has 0 aliphatic heterocycles. The first kappa shape index (κ1) is 19.3. The summed E-state index contributed by atoms with van der Waals surface area (Å²) < 4.78 is 44.7. The normalized spacial score (nSPS) is 11.6. The summed E-state index contributed by atoms with van der Waals surface area (Å²) in [6, 6.07) is 12.7. The summed E-state index contributed by atoms with van der Waals surface area (Å²) in [5, 5.41) is 4.57. The number of ether oxygens (including phenoxy) is 2. The van der Waals surface area contributed by atoms with Gasteiger partial charge in [-0.1, -0.05) is 23.7 Å². The Kier molecular flexibility index (Phi) is 5.72. The highest BCUT2D eigenvalue weighted by atomic mass is 35.5. The van der Waals surface area contributed by atoms with Crippen molar-refractivity contribution in [3.05, 3.63) is 59.2 Å². The zero-order valence-electron chi connectivity index (χ0n) is 14.3. The number of rotatable bonds is 6. The van der Waals surface area contributed by atoms with Crippen molar-refractivity contribution in [2.24, 2.45) is 0 Å². The van der Waals surface area contributed by atoms with Crippen LogP contribution in [0.3, 0.4) is 0 Å². The van der Waals surface area contributed by atoms with Gasteiger partial charge in [0.2, 0.25) is 0 Å². The molecule has 0 aliphatic rings. The molecule has 0 saturated heterocycles. The van der Waals surface area contributed by atoms with Gasteiger partial charge in [-0.25, -0.2) is 0 Å². The molecule has 1 N–H and O–H groups in total. The largest absolute Gasteiger partial charge is 0.522 e. The lowest BCUT2D eigenvalue weighted by molar-refractivity contribution is -0.325. The number of halogens is 4. The second kappa shape index (κ2) is 8.02. The minimum Gasteiger partial charge on any atom is -0.491 e. The third-order valence-electron chi connectivity index (χ3n) is 3.73. The van der Waals surface area contributed by atoms with Crippen molar-refractivity contribution in [3.8, 4) is 5.75 Å². The molecule has 142 valence electrons. The minimum absolute atomic E-state index is 0.239. The molecule has 0 fully saturated rings. The second-order valence-corrected chi connectivity index (χ2v) is 6.20. The van der Waals surface area contributed by atoms with Crippen molar-refractivity contribution >= 4 is 33.9 Å². The summed E-state index contributed by atoms with van der Waals surface area (Å²) in [6.45, 7) is 1.16. The van der Waals surface area contributed by atoms with Crippen LogP contribution < -0.4 is 10.1 Å². The van der Waals surface area contributed by atoms with Crippen LogP contribution in [0.15, 0.2) is 48.7 Å². The Hall–Kier alpha value is -2.51. The maximum atomic E-state index is 11.9. The van der Waals surface area contributed by atoms with Crippen molar-refractivity contribution in [2.45, 2.75) is 13.3 Å². The Morgan fingerprint density at radius 2 is 1.85 bits per heavy atom. The molecule has 0 atom stereocenters. The Bertz CT molecular complexity index is 948. The molecule has 4 nitrogen and oxygen atoms in total. The number of nitrogens with one attached hydrogen (secondary N) is 1. The van der Waals surface area contributed by atoms with Gasteiger partial charge >= 0.3 is 6.36 Å². The number of pyridine rings is 1. The highest BCUT2D eigenvalue weighted by Crippen LogP contribution is 2.32. The van der Waals surface area contributed by atoms with E-state index in [1.807, 2.05) is 31.2 Å². The van der Waals surface area contributed by atoms with Crippen LogP contribution in [0.1, 0.15) is 5.56 Å². The summed E-state index contributed by atoms with van der Waals surface area (Å²) in [4.78, 5) is 4.35. The van der Waals surface area contributed by atoms with Crippen molar-refractivity contribution < 1.29 is 22.6 Å². The Morgan fingerprint density at radius 3 is 2.59 bits per heavy atom. The van der Waals surface area contributed by atoms with Crippen LogP contribution in [0.4, 0.5) is 24.5 Å². The summed E-state index contributed by atoms with van der Waals surface area (Å²) in [5.41, 5.74) is 3.46. The number of benzene rings is 2. The van der Waals surface area contributed by atoms with Gasteiger partial charge in [0.15, 0.2) is 0 Å². The average Bonchev–Trinajstić information content (AvgIpc) is 2.60. The lowest BCUT2D eigenvalue weighted by Gasteiger charge is -2.13. The molecule has 1 heterocycles. The summed E-state index contributed by atoms with van der Waals surface area (Å²) in [6.07, 6.45) is -2.96. The Balaban J connectivity index is 1.70. The van der Waals surface area contributed by atoms with Gasteiger partial charge in [-0.15, -0.1) is 13.2 Å². The van der Waals surface area contributed by atoms with Gasteiger partial charge in [0.25, 0.3) is 0 Å². The number of alkyl halides is 3. The van der Waals surface area contributed by atoms with Gasteiger partial charge in [-0.3, -0.25) is 9.72 Å². The number of nitrogens with zero attached hydrogens (tertiary/aromatic N) is 1. The maximum Gasteiger partial charge on any atom is 0.522 e. The van der Waals surface area contributed by atoms with Gasteiger partial charge in [-0.05, 0) is 36.8 Å². The fourth-order valence-electron chi connectivity index (χ4n) is 2.52. The summed E-state index contributed by atoms with van der Waals surface area (Å²) in [7, 11) is 0. The van der Waals surface area contributed by atoms with Crippen LogP contribution in [0, 0.1) is 6.92 Å². The van der Waals surface area contributed by atoms with Gasteiger partial charge in [-0.2, -0.15) is 0 Å². The number of aryl methyl sites for hydroxylation is 1. The molecule has 0 amide bonds. The molecule has 0 bridgehead atoms. The average molecular weight is 397 g/mol. The third kappa shape index (κ3) is 5.24. The van der Waals surface area contributed by atoms with E-state index in [4.69, 9.17) is 16.3 Å². The first-order chi connectivity index (χ1) is 12.8. The molecule has 3 aromatic rings. The molecule has 0 unspecified atom stereocenters. The van der Waals surface area contributed by atoms with Crippen LogP contribution in [-0.4, -0.2) is 24.6 Å². The lowest BCUT2D eigenvalue weighted by Crippen LogP contribution is -2.18. The summed E-state index contributed by atoms with van der Waals surface area (Å²) >= 11 is 6.27. The van der Waals surface area contributed by atoms with Crippen LogP contribution in [0.2, 0.25) is 5.02 Å². The topological polar surface area (TPSA) is 43.4 Å². The van der Waals surface area contributed by atoms with E-state index >= 15 is 0 Å². The molecular weight excluding hydrogens is 381 g/mol. The zero-order valence-corrected chi connectivity index (χ0v) is 15.1. The fraction of sp³-hybridized carbons (Fsp3) is 0.211. The van der Waals surface area contributed by atoms with Crippen LogP contribution in [0.25, 0.3) is 10.9 Å². The second-order valence-electron chi connectivity index (χ2n) is 5.79. The third-order valence-corrected chi connectivity index (χ3v) is 4.04. The van der Waals surface area contributed by atoms with Crippen molar-refractivity contribution in [2.75, 3.05) is 18.5 Å². The van der Waals surface area contributed by atoms with E-state index in [1.165, 1.54) is 6.07 Å². The van der Waals surface area contributed by atoms with Gasteiger partial charge in [0, 0.05) is 23.3 Å². The van der Waals surface area contributed by atoms with E-state index in [0.717, 1.165) is 22.2 Å². The van der Waals surface area contributed by atoms with E-state index in [0.29, 0.717) is 16.5 Å². The minimum atomic E-state index is -4.67. The van der Waals surface area contributed by atoms with Gasteiger partial charge < -0.3 is 10.1 Å². The van der Waals surface area contributed by atoms with E-state index in [2.05, 4.69) is 15.0 Å². The number of hydrogen-bond acceptors (Lipinski definition) is 4. The molecule has 0 saturated carbocycles. The maximum absolute atomic E-state index is 11.9. The van der Waals surface area contributed by atoms with Crippen molar-refractivity contribution in [1.29, 1.82) is 0 Å². The molecule has 3 rings (SSSR count). The summed E-state index contributed by atoms with van der Waals surface area (Å²) in [5.74, 6) is 0.353. The quantitative estimate of drug-likeness (QED) is 0.530. The van der Waals surface area contributed by atoms with Crippen LogP contribution in [0.5, 0.6) is 5.75 Å². The standard InChI is InChI=1S/C19H16ClF3N2O2/c1-12-2-4-14-16(6-7-24-18(14)10-12)25-17-5-3-13(11-15(17)20)26-8-9-27-19(21,22)23/h2-7,10-11H,8-9H2,1H3,(H,24,25). The van der Waals surface area contributed by atoms with Gasteiger partial charge in [0.05, 0.1) is 22.8 Å². The highest BCUT2D eigenvalue weighted by molar-refractivity contribution is 6.33. The predicted molar refractivity (Wildman–Crippen MR) is 98.7 cm³/mol. The monoisotopic (exact) mass is 396 g/mol. The van der Waals surface area contributed by atoms with E-state index < -0.39 is 13.0 Å². The molecular formula is C19H16ClF3N2O2. The van der Waals surface area contributed by atoms with E-state index in [9.17, 15) is 13.2 Å². The number of fused-ring (bicyclic) bond motifs is 1.